The summed E-state index contributed by atoms with van der Waals surface area (Å²) < 4.78 is 0. The molecule has 0 aliphatic heterocycles. The molecule has 0 N–H and O–H groups in total. The molecule has 1 aromatic carbocycles. The smallest absolute Gasteiger partial charge is 0.0251 e. The Balaban J connectivity index is 2.61. The lowest BCUT2D eigenvalue weighted by Crippen LogP contribution is -2.45. The molecule has 0 amide bonds. The van der Waals surface area contributed by atoms with E-state index in [0.717, 1.165) is 10.7 Å². The lowest BCUT2D eigenvalue weighted by atomic mass is 9.54. The molecule has 0 bridgehead atoms. The van der Waals surface area contributed by atoms with Gasteiger partial charge in [0, 0.05) is 22.0 Å². The van der Waals surface area contributed by atoms with Gasteiger partial charge in [-0.1, -0.05) is 107 Å². The summed E-state index contributed by atoms with van der Waals surface area (Å²) >= 11 is 7.52. The molecule has 0 aromatic heterocycles. The topological polar surface area (TPSA) is 0 Å². The molecule has 0 fully saturated rings. The van der Waals surface area contributed by atoms with E-state index >= 15 is 0 Å². The van der Waals surface area contributed by atoms with E-state index < -0.39 is 0 Å². The van der Waals surface area contributed by atoms with E-state index in [4.69, 9.17) is 0 Å². The number of allylic oxidation sites excluding steroid dienone is 4. The molecule has 2 rings (SSSR count). The molecule has 0 saturated carbocycles. The maximum Gasteiger partial charge on any atom is 0.0251 e. The fourth-order valence-corrected chi connectivity index (χ4v) is 5.57. The third-order valence-electron chi connectivity index (χ3n) is 4.56. The Labute approximate surface area is 139 Å². The molecule has 1 aromatic rings. The van der Waals surface area contributed by atoms with Gasteiger partial charge in [0.2, 0.25) is 0 Å². The van der Waals surface area contributed by atoms with Crippen molar-refractivity contribution >= 4 is 31.9 Å². The van der Waals surface area contributed by atoms with E-state index in [0.29, 0.717) is 5.92 Å². The van der Waals surface area contributed by atoms with Gasteiger partial charge in [-0.3, -0.25) is 0 Å². The van der Waals surface area contributed by atoms with Crippen LogP contribution in [-0.4, -0.2) is 10.7 Å². The SMILES string of the molecule is CC(C)(C)C1(CBr)C(CBr)=CC=CC1c1ccccc1. The highest BCUT2D eigenvalue weighted by Crippen LogP contribution is 2.57. The van der Waals surface area contributed by atoms with Crippen molar-refractivity contribution in [2.24, 2.45) is 10.8 Å². The van der Waals surface area contributed by atoms with Gasteiger partial charge < -0.3 is 0 Å². The summed E-state index contributed by atoms with van der Waals surface area (Å²) in [6, 6.07) is 10.8. The van der Waals surface area contributed by atoms with Gasteiger partial charge in [-0.2, -0.15) is 0 Å². The zero-order valence-electron chi connectivity index (χ0n) is 12.4. The molecule has 108 valence electrons. The van der Waals surface area contributed by atoms with E-state index in [1.54, 1.807) is 0 Å². The number of hydrogen-bond acceptors (Lipinski definition) is 0. The second-order valence-electron chi connectivity index (χ2n) is 6.45. The van der Waals surface area contributed by atoms with Crippen molar-refractivity contribution in [3.05, 3.63) is 59.7 Å². The highest BCUT2D eigenvalue weighted by Gasteiger charge is 2.49. The van der Waals surface area contributed by atoms with Crippen LogP contribution < -0.4 is 0 Å². The molecule has 2 atom stereocenters. The van der Waals surface area contributed by atoms with Crippen LogP contribution in [0.5, 0.6) is 0 Å². The standard InChI is InChI=1S/C18H22Br2/c1-17(2,3)18(13-20)15(12-19)10-7-11-16(18)14-8-5-4-6-9-14/h4-11,16H,12-13H2,1-3H3. The summed E-state index contributed by atoms with van der Waals surface area (Å²) in [6.07, 6.45) is 6.84. The Kier molecular flexibility index (Phi) is 4.96. The Morgan fingerprint density at radius 1 is 1.10 bits per heavy atom. The minimum absolute atomic E-state index is 0.0899. The highest BCUT2D eigenvalue weighted by molar-refractivity contribution is 9.09. The first-order valence-electron chi connectivity index (χ1n) is 7.02. The normalized spacial score (nSPS) is 26.4. The molecule has 2 unspecified atom stereocenters. The molecule has 2 heteroatoms. The van der Waals surface area contributed by atoms with E-state index in [1.165, 1.54) is 11.1 Å². The van der Waals surface area contributed by atoms with Crippen molar-refractivity contribution in [3.8, 4) is 0 Å². The molecule has 1 aliphatic carbocycles. The van der Waals surface area contributed by atoms with Crippen LogP contribution in [0.2, 0.25) is 0 Å². The summed E-state index contributed by atoms with van der Waals surface area (Å²) in [4.78, 5) is 0. The first-order valence-corrected chi connectivity index (χ1v) is 9.26. The highest BCUT2D eigenvalue weighted by atomic mass is 79.9. The average molecular weight is 398 g/mol. The molecular formula is C18H22Br2. The Morgan fingerprint density at radius 2 is 1.75 bits per heavy atom. The summed E-state index contributed by atoms with van der Waals surface area (Å²) in [6.45, 7) is 7.04. The van der Waals surface area contributed by atoms with Crippen LogP contribution in [0.1, 0.15) is 32.3 Å². The first kappa shape index (κ1) is 16.0. The second kappa shape index (κ2) is 6.19. The lowest BCUT2D eigenvalue weighted by Gasteiger charge is -2.51. The average Bonchev–Trinajstić information content (AvgIpc) is 2.45. The summed E-state index contributed by atoms with van der Waals surface area (Å²) in [5.41, 5.74) is 3.12. The van der Waals surface area contributed by atoms with Crippen LogP contribution in [0.15, 0.2) is 54.1 Å². The van der Waals surface area contributed by atoms with Crippen LogP contribution >= 0.6 is 31.9 Å². The summed E-state index contributed by atoms with van der Waals surface area (Å²) in [5, 5.41) is 1.88. The van der Waals surface area contributed by atoms with E-state index in [2.05, 4.69) is 101 Å². The number of benzene rings is 1. The van der Waals surface area contributed by atoms with Crippen LogP contribution in [0.25, 0.3) is 0 Å². The van der Waals surface area contributed by atoms with Crippen LogP contribution in [0.4, 0.5) is 0 Å². The summed E-state index contributed by atoms with van der Waals surface area (Å²) in [7, 11) is 0. The van der Waals surface area contributed by atoms with Crippen LogP contribution in [0.3, 0.4) is 0 Å². The van der Waals surface area contributed by atoms with Crippen LogP contribution in [-0.2, 0) is 0 Å². The van der Waals surface area contributed by atoms with Gasteiger partial charge in [0.05, 0.1) is 0 Å². The van der Waals surface area contributed by atoms with E-state index in [9.17, 15) is 0 Å². The minimum Gasteiger partial charge on any atom is -0.0918 e. The molecule has 0 nitrogen and oxygen atoms in total. The van der Waals surface area contributed by atoms with E-state index in [-0.39, 0.29) is 10.8 Å². The zero-order valence-corrected chi connectivity index (χ0v) is 15.5. The van der Waals surface area contributed by atoms with Crippen molar-refractivity contribution in [1.29, 1.82) is 0 Å². The molecular weight excluding hydrogens is 376 g/mol. The van der Waals surface area contributed by atoms with Crippen molar-refractivity contribution in [2.75, 3.05) is 10.7 Å². The van der Waals surface area contributed by atoms with Gasteiger partial charge >= 0.3 is 0 Å². The van der Waals surface area contributed by atoms with Crippen molar-refractivity contribution in [3.63, 3.8) is 0 Å². The second-order valence-corrected chi connectivity index (χ2v) is 7.58. The fourth-order valence-electron chi connectivity index (χ4n) is 3.33. The maximum atomic E-state index is 3.83. The maximum absolute atomic E-state index is 3.83. The van der Waals surface area contributed by atoms with Crippen molar-refractivity contribution in [2.45, 2.75) is 26.7 Å². The van der Waals surface area contributed by atoms with Gasteiger partial charge in [0.1, 0.15) is 0 Å². The van der Waals surface area contributed by atoms with Gasteiger partial charge in [-0.25, -0.2) is 0 Å². The third kappa shape index (κ3) is 2.57. The number of halogens is 2. The fraction of sp³-hybridized carbons (Fsp3) is 0.444. The first-order chi connectivity index (χ1) is 9.47. The van der Waals surface area contributed by atoms with Crippen molar-refractivity contribution < 1.29 is 0 Å². The molecule has 0 spiro atoms. The zero-order chi connectivity index (χ0) is 14.8. The summed E-state index contributed by atoms with van der Waals surface area (Å²) in [5.74, 6) is 0.403. The molecule has 1 aliphatic rings. The number of alkyl halides is 2. The van der Waals surface area contributed by atoms with Crippen molar-refractivity contribution in [1.82, 2.24) is 0 Å². The molecule has 0 saturated heterocycles. The predicted octanol–water partition coefficient (Wildman–Crippen LogP) is 6.09. The van der Waals surface area contributed by atoms with Gasteiger partial charge in [0.15, 0.2) is 0 Å². The Hall–Kier alpha value is -0.340. The molecule has 0 heterocycles. The number of rotatable bonds is 3. The molecule has 0 radical (unpaired) electrons. The molecule has 20 heavy (non-hydrogen) atoms. The monoisotopic (exact) mass is 396 g/mol. The van der Waals surface area contributed by atoms with Gasteiger partial charge in [0.25, 0.3) is 0 Å². The minimum atomic E-state index is 0.0899. The van der Waals surface area contributed by atoms with Crippen LogP contribution in [0, 0.1) is 10.8 Å². The quantitative estimate of drug-likeness (QED) is 0.541. The predicted molar refractivity (Wildman–Crippen MR) is 95.9 cm³/mol. The Morgan fingerprint density at radius 3 is 2.25 bits per heavy atom. The third-order valence-corrected chi connectivity index (χ3v) is 6.05. The Bertz CT molecular complexity index is 508. The van der Waals surface area contributed by atoms with Gasteiger partial charge in [-0.05, 0) is 11.0 Å². The van der Waals surface area contributed by atoms with Gasteiger partial charge in [-0.15, -0.1) is 0 Å². The lowest BCUT2D eigenvalue weighted by molar-refractivity contribution is 0.140. The largest absolute Gasteiger partial charge is 0.0918 e. The number of hydrogen-bond donors (Lipinski definition) is 0. The van der Waals surface area contributed by atoms with E-state index in [1.807, 2.05) is 0 Å².